The summed E-state index contributed by atoms with van der Waals surface area (Å²) in [6, 6.07) is 71.9. The number of fused-ring (bicyclic) bond motifs is 5. The van der Waals surface area contributed by atoms with Crippen molar-refractivity contribution in [2.45, 2.75) is 41.0 Å². The Morgan fingerprint density at radius 1 is 0.463 bits per heavy atom. The van der Waals surface area contributed by atoms with Crippen LogP contribution in [-0.2, 0) is 6.42 Å². The van der Waals surface area contributed by atoms with E-state index in [0.29, 0.717) is 0 Å². The van der Waals surface area contributed by atoms with Crippen LogP contribution < -0.4 is 0 Å². The largest absolute Gasteiger partial charge is 0.309 e. The van der Waals surface area contributed by atoms with E-state index in [0.717, 1.165) is 23.1 Å². The zero-order valence-corrected chi connectivity index (χ0v) is 39.5. The Bertz CT molecular complexity index is 3290. The van der Waals surface area contributed by atoms with Gasteiger partial charge in [-0.1, -0.05) is 226 Å². The van der Waals surface area contributed by atoms with Crippen LogP contribution in [0.25, 0.3) is 67.0 Å². The van der Waals surface area contributed by atoms with Gasteiger partial charge in [-0.25, -0.2) is 0 Å². The number of allylic oxidation sites excluding steroid dienone is 10. The molecule has 1 nitrogen and oxygen atoms in total. The third kappa shape index (κ3) is 9.98. The van der Waals surface area contributed by atoms with Crippen LogP contribution in [0.5, 0.6) is 0 Å². The van der Waals surface area contributed by atoms with Crippen molar-refractivity contribution in [3.8, 4) is 27.9 Å². The summed E-state index contributed by atoms with van der Waals surface area (Å²) in [6.07, 6.45) is 16.1. The van der Waals surface area contributed by atoms with Gasteiger partial charge in [-0.2, -0.15) is 0 Å². The summed E-state index contributed by atoms with van der Waals surface area (Å²) >= 11 is 0. The Hall–Kier alpha value is -8.00. The van der Waals surface area contributed by atoms with E-state index in [-0.39, 0.29) is 0 Å². The molecule has 0 N–H and O–H groups in total. The minimum absolute atomic E-state index is 0.851. The fraction of sp³-hybridized carbons (Fsp3) is 0.0909. The summed E-state index contributed by atoms with van der Waals surface area (Å²) in [5.74, 6) is 0. The van der Waals surface area contributed by atoms with Crippen molar-refractivity contribution in [3.63, 3.8) is 0 Å². The van der Waals surface area contributed by atoms with E-state index in [2.05, 4.69) is 262 Å². The van der Waals surface area contributed by atoms with Gasteiger partial charge < -0.3 is 4.57 Å². The van der Waals surface area contributed by atoms with E-state index in [1.54, 1.807) is 0 Å². The predicted molar refractivity (Wildman–Crippen MR) is 293 cm³/mol. The van der Waals surface area contributed by atoms with Crippen molar-refractivity contribution < 1.29 is 0 Å². The van der Waals surface area contributed by atoms with Crippen molar-refractivity contribution in [3.05, 3.63) is 288 Å². The van der Waals surface area contributed by atoms with E-state index >= 15 is 0 Å². The summed E-state index contributed by atoms with van der Waals surface area (Å²) in [4.78, 5) is 0. The summed E-state index contributed by atoms with van der Waals surface area (Å²) in [5.41, 5.74) is 20.8. The fourth-order valence-electron chi connectivity index (χ4n) is 9.15. The number of hydrogen-bond acceptors (Lipinski definition) is 0. The van der Waals surface area contributed by atoms with Crippen molar-refractivity contribution in [1.82, 2.24) is 4.57 Å². The molecule has 1 aliphatic carbocycles. The van der Waals surface area contributed by atoms with Crippen LogP contribution in [0, 0.1) is 6.92 Å². The van der Waals surface area contributed by atoms with Gasteiger partial charge in [-0.05, 0) is 142 Å². The lowest BCUT2D eigenvalue weighted by Crippen LogP contribution is -1.99. The molecular formula is C66H59N. The number of benzene rings is 8. The van der Waals surface area contributed by atoms with Crippen LogP contribution in [0.4, 0.5) is 0 Å². The zero-order chi connectivity index (χ0) is 46.5. The van der Waals surface area contributed by atoms with E-state index in [9.17, 15) is 0 Å². The van der Waals surface area contributed by atoms with E-state index < -0.39 is 0 Å². The number of rotatable bonds is 6. The molecular weight excluding hydrogens is 807 g/mol. The van der Waals surface area contributed by atoms with Gasteiger partial charge in [0.05, 0.1) is 11.0 Å². The molecule has 1 aliphatic rings. The smallest absolute Gasteiger partial charge is 0.0541 e. The highest BCUT2D eigenvalue weighted by Crippen LogP contribution is 2.43. The second-order valence-electron chi connectivity index (χ2n) is 16.5. The third-order valence-electron chi connectivity index (χ3n) is 12.3. The lowest BCUT2D eigenvalue weighted by molar-refractivity contribution is 1.17. The SMILES string of the molecule is C=C/C=C1/C(=C/c2cccc(-c3ccc4c(c3)c3ccccc3n4-c3ccccc3)c2)/C(=C\C=C\C)c2ccccc2Cc2ccccc2/C1=C/C.CC.Cc1ccc(-c2ccccc2)cc1. The molecule has 0 unspecified atom stereocenters. The summed E-state index contributed by atoms with van der Waals surface area (Å²) in [6.45, 7) is 14.5. The van der Waals surface area contributed by atoms with Crippen LogP contribution in [0.3, 0.4) is 0 Å². The molecule has 8 aromatic carbocycles. The first-order valence-corrected chi connectivity index (χ1v) is 23.6. The van der Waals surface area contributed by atoms with Gasteiger partial charge in [0.15, 0.2) is 0 Å². The lowest BCUT2D eigenvalue weighted by Gasteiger charge is -2.20. The first kappa shape index (κ1) is 45.6. The summed E-state index contributed by atoms with van der Waals surface area (Å²) in [7, 11) is 0. The number of aryl methyl sites for hydroxylation is 1. The predicted octanol–water partition coefficient (Wildman–Crippen LogP) is 18.3. The van der Waals surface area contributed by atoms with Crippen molar-refractivity contribution >= 4 is 39.0 Å². The summed E-state index contributed by atoms with van der Waals surface area (Å²) < 4.78 is 2.37. The van der Waals surface area contributed by atoms with Gasteiger partial charge in [-0.3, -0.25) is 0 Å². The first-order valence-electron chi connectivity index (χ1n) is 23.6. The Labute approximate surface area is 398 Å². The fourth-order valence-corrected chi connectivity index (χ4v) is 9.15. The molecule has 9 aromatic rings. The molecule has 0 amide bonds. The topological polar surface area (TPSA) is 4.93 Å². The Morgan fingerprint density at radius 2 is 1.03 bits per heavy atom. The zero-order valence-electron chi connectivity index (χ0n) is 39.5. The molecule has 0 spiro atoms. The standard InChI is InChI=1S/C51H41N.C13H12.C2H6/c1-4-7-25-46-44-27-14-12-21-40(44)34-39-20-11-13-26-43(39)42(6-3)45(18-5-2)48(46)33-36-19-17-22-37(32-36)38-30-31-51-49(35-38)47-28-15-16-29-50(47)52(51)41-23-9-8-10-24-41;1-11-7-9-13(10-8-11)12-5-3-2-4-6-12;1-2/h4-33,35H,2,34H2,1,3H3;2-10H,1H3;1-2H3/b7-4+,42-6-,45-18+,46-25-,48-33-;;. The van der Waals surface area contributed by atoms with Crippen LogP contribution in [-0.4, -0.2) is 4.57 Å². The van der Waals surface area contributed by atoms with Crippen molar-refractivity contribution in [2.24, 2.45) is 0 Å². The van der Waals surface area contributed by atoms with E-state index in [4.69, 9.17) is 0 Å². The molecule has 0 fully saturated rings. The van der Waals surface area contributed by atoms with E-state index in [1.807, 2.05) is 26.0 Å². The minimum Gasteiger partial charge on any atom is -0.309 e. The molecule has 1 heterocycles. The van der Waals surface area contributed by atoms with Gasteiger partial charge in [-0.15, -0.1) is 0 Å². The average Bonchev–Trinajstić information content (AvgIpc) is 3.73. The second-order valence-corrected chi connectivity index (χ2v) is 16.5. The highest BCUT2D eigenvalue weighted by molar-refractivity contribution is 6.10. The number of aromatic nitrogens is 1. The van der Waals surface area contributed by atoms with Gasteiger partial charge >= 0.3 is 0 Å². The molecule has 10 rings (SSSR count). The van der Waals surface area contributed by atoms with Gasteiger partial charge in [0.1, 0.15) is 0 Å². The van der Waals surface area contributed by atoms with Gasteiger partial charge in [0.25, 0.3) is 0 Å². The number of para-hydroxylation sites is 2. The number of nitrogens with zero attached hydrogens (tertiary/aromatic N) is 1. The molecule has 328 valence electrons. The average molecular weight is 866 g/mol. The Balaban J connectivity index is 0.000000346. The first-order chi connectivity index (χ1) is 33.0. The molecule has 0 saturated heterocycles. The highest BCUT2D eigenvalue weighted by atomic mass is 15.0. The number of hydrogen-bond donors (Lipinski definition) is 0. The molecule has 67 heavy (non-hydrogen) atoms. The Morgan fingerprint density at radius 3 is 1.72 bits per heavy atom. The maximum Gasteiger partial charge on any atom is 0.0541 e. The maximum absolute atomic E-state index is 4.19. The molecule has 0 atom stereocenters. The quantitative estimate of drug-likeness (QED) is 0.157. The molecule has 0 bridgehead atoms. The van der Waals surface area contributed by atoms with Crippen molar-refractivity contribution in [1.29, 1.82) is 0 Å². The molecule has 0 radical (unpaired) electrons. The molecule has 0 aliphatic heterocycles. The molecule has 0 saturated carbocycles. The van der Waals surface area contributed by atoms with Crippen LogP contribution in [0.15, 0.2) is 254 Å². The van der Waals surface area contributed by atoms with E-state index in [1.165, 1.54) is 88.7 Å². The van der Waals surface area contributed by atoms with Gasteiger partial charge in [0, 0.05) is 16.5 Å². The highest BCUT2D eigenvalue weighted by Gasteiger charge is 2.23. The minimum atomic E-state index is 0.851. The normalized spacial score (nSPS) is 14.7. The van der Waals surface area contributed by atoms with Gasteiger partial charge in [0.2, 0.25) is 0 Å². The van der Waals surface area contributed by atoms with Crippen molar-refractivity contribution in [2.75, 3.05) is 0 Å². The maximum atomic E-state index is 4.19. The molecule has 1 heteroatoms. The third-order valence-corrected chi connectivity index (χ3v) is 12.3. The second kappa shape index (κ2) is 21.8. The lowest BCUT2D eigenvalue weighted by atomic mass is 9.83. The van der Waals surface area contributed by atoms with Crippen LogP contribution >= 0.6 is 0 Å². The Kier molecular flexibility index (Phi) is 14.8. The monoisotopic (exact) mass is 865 g/mol. The molecule has 1 aromatic heterocycles. The van der Waals surface area contributed by atoms with Crippen LogP contribution in [0.2, 0.25) is 0 Å². The van der Waals surface area contributed by atoms with Crippen LogP contribution in [0.1, 0.15) is 61.1 Å². The summed E-state index contributed by atoms with van der Waals surface area (Å²) in [5, 5.41) is 2.50.